The molecule has 3 N–H and O–H groups in total. The smallest absolute Gasteiger partial charge is 0.319 e. The third-order valence-electron chi connectivity index (χ3n) is 2.78. The van der Waals surface area contributed by atoms with Gasteiger partial charge in [-0.25, -0.2) is 4.79 Å². The van der Waals surface area contributed by atoms with Crippen LogP contribution in [-0.2, 0) is 4.79 Å². The van der Waals surface area contributed by atoms with Gasteiger partial charge in [-0.2, -0.15) is 0 Å². The molecular weight excluding hydrogens is 260 g/mol. The lowest BCUT2D eigenvalue weighted by molar-refractivity contribution is -0.137. The summed E-state index contributed by atoms with van der Waals surface area (Å²) in [5, 5.41) is 13.9. The Morgan fingerprint density at radius 3 is 2.65 bits per heavy atom. The van der Waals surface area contributed by atoms with Crippen LogP contribution in [0.25, 0.3) is 0 Å². The van der Waals surface area contributed by atoms with E-state index in [1.807, 2.05) is 13.0 Å². The summed E-state index contributed by atoms with van der Waals surface area (Å²) < 4.78 is 5.09. The molecule has 1 aromatic rings. The van der Waals surface area contributed by atoms with Gasteiger partial charge in [0.05, 0.1) is 7.11 Å². The van der Waals surface area contributed by atoms with Gasteiger partial charge < -0.3 is 20.5 Å². The van der Waals surface area contributed by atoms with E-state index in [9.17, 15) is 9.59 Å². The SMILES string of the molecule is COc1ccc(NC(=O)NCCCCC(=O)O)c(C)c1. The first-order chi connectivity index (χ1) is 9.52. The molecule has 0 atom stereocenters. The topological polar surface area (TPSA) is 87.7 Å². The zero-order valence-corrected chi connectivity index (χ0v) is 11.7. The molecule has 0 heterocycles. The fraction of sp³-hybridized carbons (Fsp3) is 0.429. The van der Waals surface area contributed by atoms with Gasteiger partial charge in [-0.05, 0) is 43.5 Å². The molecule has 20 heavy (non-hydrogen) atoms. The monoisotopic (exact) mass is 280 g/mol. The molecule has 0 fully saturated rings. The molecule has 0 unspecified atom stereocenters. The van der Waals surface area contributed by atoms with Crippen molar-refractivity contribution in [2.24, 2.45) is 0 Å². The number of hydrogen-bond acceptors (Lipinski definition) is 3. The highest BCUT2D eigenvalue weighted by Crippen LogP contribution is 2.20. The number of carboxylic acid groups (broad SMARTS) is 1. The van der Waals surface area contributed by atoms with Crippen molar-refractivity contribution in [1.29, 1.82) is 0 Å². The van der Waals surface area contributed by atoms with E-state index in [0.717, 1.165) is 11.3 Å². The van der Waals surface area contributed by atoms with Crippen LogP contribution in [0.2, 0.25) is 0 Å². The second kappa shape index (κ2) is 8.04. The Hall–Kier alpha value is -2.24. The zero-order chi connectivity index (χ0) is 15.0. The van der Waals surface area contributed by atoms with Crippen LogP contribution < -0.4 is 15.4 Å². The van der Waals surface area contributed by atoms with Crippen molar-refractivity contribution in [3.05, 3.63) is 23.8 Å². The number of urea groups is 1. The number of anilines is 1. The molecule has 0 aromatic heterocycles. The second-order valence-corrected chi connectivity index (χ2v) is 4.41. The van der Waals surface area contributed by atoms with Crippen LogP contribution in [0.5, 0.6) is 5.75 Å². The van der Waals surface area contributed by atoms with Crippen molar-refractivity contribution in [2.45, 2.75) is 26.2 Å². The number of rotatable bonds is 7. The van der Waals surface area contributed by atoms with Crippen LogP contribution in [0.15, 0.2) is 18.2 Å². The first kappa shape index (κ1) is 15.8. The van der Waals surface area contributed by atoms with Gasteiger partial charge in [0.1, 0.15) is 5.75 Å². The number of unbranched alkanes of at least 4 members (excludes halogenated alkanes) is 1. The number of amides is 2. The standard InChI is InChI=1S/C14H20N2O4/c1-10-9-11(20-2)6-7-12(10)16-14(19)15-8-4-3-5-13(17)18/h6-7,9H,3-5,8H2,1-2H3,(H,17,18)(H2,15,16,19). The summed E-state index contributed by atoms with van der Waals surface area (Å²) in [6.45, 7) is 2.33. The van der Waals surface area contributed by atoms with Gasteiger partial charge in [0.25, 0.3) is 0 Å². The molecular formula is C14H20N2O4. The molecule has 0 aliphatic rings. The first-order valence-electron chi connectivity index (χ1n) is 6.44. The lowest BCUT2D eigenvalue weighted by Crippen LogP contribution is -2.29. The molecule has 1 aromatic carbocycles. The number of aryl methyl sites for hydroxylation is 1. The van der Waals surface area contributed by atoms with E-state index >= 15 is 0 Å². The second-order valence-electron chi connectivity index (χ2n) is 4.41. The van der Waals surface area contributed by atoms with E-state index in [-0.39, 0.29) is 12.5 Å². The Kier molecular flexibility index (Phi) is 6.36. The predicted molar refractivity (Wildman–Crippen MR) is 76.2 cm³/mol. The summed E-state index contributed by atoms with van der Waals surface area (Å²) in [6, 6.07) is 5.09. The minimum absolute atomic E-state index is 0.126. The molecule has 0 saturated heterocycles. The fourth-order valence-corrected chi connectivity index (χ4v) is 1.67. The van der Waals surface area contributed by atoms with Gasteiger partial charge in [0.15, 0.2) is 0 Å². The van der Waals surface area contributed by atoms with Crippen LogP contribution in [-0.4, -0.2) is 30.8 Å². The van der Waals surface area contributed by atoms with E-state index in [2.05, 4.69) is 10.6 Å². The number of carbonyl (C=O) groups is 2. The van der Waals surface area contributed by atoms with Crippen molar-refractivity contribution in [3.63, 3.8) is 0 Å². The lowest BCUT2D eigenvalue weighted by atomic mass is 10.2. The van der Waals surface area contributed by atoms with E-state index in [0.29, 0.717) is 25.1 Å². The van der Waals surface area contributed by atoms with Gasteiger partial charge in [-0.1, -0.05) is 0 Å². The van der Waals surface area contributed by atoms with Crippen LogP contribution in [0, 0.1) is 6.92 Å². The first-order valence-corrected chi connectivity index (χ1v) is 6.44. The van der Waals surface area contributed by atoms with Crippen molar-refractivity contribution in [1.82, 2.24) is 5.32 Å². The zero-order valence-electron chi connectivity index (χ0n) is 11.7. The summed E-state index contributed by atoms with van der Waals surface area (Å²) in [4.78, 5) is 22.0. The molecule has 0 spiro atoms. The van der Waals surface area contributed by atoms with Gasteiger partial charge in [-0.15, -0.1) is 0 Å². The summed E-state index contributed by atoms with van der Waals surface area (Å²) in [5.74, 6) is -0.0783. The van der Waals surface area contributed by atoms with Crippen molar-refractivity contribution >= 4 is 17.7 Å². The minimum Gasteiger partial charge on any atom is -0.497 e. The molecule has 0 bridgehead atoms. The van der Waals surface area contributed by atoms with Crippen molar-refractivity contribution < 1.29 is 19.4 Å². The van der Waals surface area contributed by atoms with Gasteiger partial charge in [0, 0.05) is 18.7 Å². The molecule has 0 aliphatic carbocycles. The number of aliphatic carboxylic acids is 1. The maximum Gasteiger partial charge on any atom is 0.319 e. The molecule has 6 nitrogen and oxygen atoms in total. The minimum atomic E-state index is -0.816. The highest BCUT2D eigenvalue weighted by Gasteiger charge is 2.05. The summed E-state index contributed by atoms with van der Waals surface area (Å²) in [5.41, 5.74) is 1.62. The summed E-state index contributed by atoms with van der Waals surface area (Å²) >= 11 is 0. The number of carboxylic acids is 1. The Morgan fingerprint density at radius 2 is 2.05 bits per heavy atom. The van der Waals surface area contributed by atoms with E-state index in [1.165, 1.54) is 0 Å². The number of hydrogen-bond donors (Lipinski definition) is 3. The van der Waals surface area contributed by atoms with E-state index in [1.54, 1.807) is 19.2 Å². The Morgan fingerprint density at radius 1 is 1.30 bits per heavy atom. The van der Waals surface area contributed by atoms with E-state index < -0.39 is 5.97 Å². The number of carbonyl (C=O) groups excluding carboxylic acids is 1. The van der Waals surface area contributed by atoms with Crippen molar-refractivity contribution in [3.8, 4) is 5.75 Å². The van der Waals surface area contributed by atoms with Crippen LogP contribution in [0.1, 0.15) is 24.8 Å². The predicted octanol–water partition coefficient (Wildman–Crippen LogP) is 2.38. The summed E-state index contributed by atoms with van der Waals surface area (Å²) in [7, 11) is 1.59. The van der Waals surface area contributed by atoms with Crippen LogP contribution >= 0.6 is 0 Å². The Balaban J connectivity index is 2.33. The van der Waals surface area contributed by atoms with Gasteiger partial charge in [-0.3, -0.25) is 4.79 Å². The van der Waals surface area contributed by atoms with Gasteiger partial charge in [0.2, 0.25) is 0 Å². The third-order valence-corrected chi connectivity index (χ3v) is 2.78. The maximum atomic E-state index is 11.6. The molecule has 0 radical (unpaired) electrons. The molecule has 0 aliphatic heterocycles. The average Bonchev–Trinajstić information content (AvgIpc) is 2.40. The van der Waals surface area contributed by atoms with Gasteiger partial charge >= 0.3 is 12.0 Å². The molecule has 0 saturated carbocycles. The lowest BCUT2D eigenvalue weighted by Gasteiger charge is -2.10. The molecule has 6 heteroatoms. The average molecular weight is 280 g/mol. The Labute approximate surface area is 118 Å². The number of nitrogens with one attached hydrogen (secondary N) is 2. The molecule has 1 rings (SSSR count). The number of methoxy groups -OCH3 is 1. The number of benzene rings is 1. The van der Waals surface area contributed by atoms with E-state index in [4.69, 9.17) is 9.84 Å². The highest BCUT2D eigenvalue weighted by molar-refractivity contribution is 5.90. The van der Waals surface area contributed by atoms with Crippen LogP contribution in [0.3, 0.4) is 0 Å². The largest absolute Gasteiger partial charge is 0.497 e. The fourth-order valence-electron chi connectivity index (χ4n) is 1.67. The quantitative estimate of drug-likeness (QED) is 0.669. The molecule has 2 amide bonds. The summed E-state index contributed by atoms with van der Waals surface area (Å²) in [6.07, 6.45) is 1.32. The normalized spacial score (nSPS) is 9.90. The third kappa shape index (κ3) is 5.60. The van der Waals surface area contributed by atoms with Crippen molar-refractivity contribution in [2.75, 3.05) is 19.0 Å². The molecule has 110 valence electrons. The highest BCUT2D eigenvalue weighted by atomic mass is 16.5. The number of ether oxygens (including phenoxy) is 1. The maximum absolute atomic E-state index is 11.6. The Bertz CT molecular complexity index is 474. The van der Waals surface area contributed by atoms with Crippen LogP contribution in [0.4, 0.5) is 10.5 Å².